The van der Waals surface area contributed by atoms with Crippen LogP contribution in [0.2, 0.25) is 0 Å². The Morgan fingerprint density at radius 1 is 1.44 bits per heavy atom. The van der Waals surface area contributed by atoms with Crippen LogP contribution in [0.5, 0.6) is 0 Å². The summed E-state index contributed by atoms with van der Waals surface area (Å²) in [6, 6.07) is 0.542. The van der Waals surface area contributed by atoms with E-state index in [0.717, 1.165) is 26.2 Å². The van der Waals surface area contributed by atoms with E-state index in [4.69, 9.17) is 9.84 Å². The van der Waals surface area contributed by atoms with Crippen molar-refractivity contribution in [1.82, 2.24) is 5.32 Å². The quantitative estimate of drug-likeness (QED) is 0.667. The third kappa shape index (κ3) is 4.81. The van der Waals surface area contributed by atoms with E-state index >= 15 is 0 Å². The zero-order chi connectivity index (χ0) is 11.8. The molecule has 0 aromatic heterocycles. The number of aliphatic hydroxyl groups excluding tert-OH is 1. The predicted octanol–water partition coefficient (Wildman–Crippen LogP) is 1.80. The highest BCUT2D eigenvalue weighted by atomic mass is 16.5. The molecular weight excluding hydrogens is 202 g/mol. The standard InChI is InChI=1S/C13H27NO2/c1-3-4-12(5-7-15)9-14-11(2)13-6-8-16-10-13/h11-15H,3-10H2,1-2H3. The fraction of sp³-hybridized carbons (Fsp3) is 1.00. The first kappa shape index (κ1) is 13.9. The van der Waals surface area contributed by atoms with Crippen LogP contribution < -0.4 is 5.32 Å². The van der Waals surface area contributed by atoms with Crippen LogP contribution in [0.4, 0.5) is 0 Å². The minimum absolute atomic E-state index is 0.313. The molecule has 0 spiro atoms. The molecule has 3 nitrogen and oxygen atoms in total. The van der Waals surface area contributed by atoms with Crippen molar-refractivity contribution in [3.8, 4) is 0 Å². The Bertz CT molecular complexity index is 161. The number of hydrogen-bond acceptors (Lipinski definition) is 3. The topological polar surface area (TPSA) is 41.5 Å². The van der Waals surface area contributed by atoms with E-state index < -0.39 is 0 Å². The molecule has 1 rings (SSSR count). The largest absolute Gasteiger partial charge is 0.396 e. The van der Waals surface area contributed by atoms with Gasteiger partial charge in [0, 0.05) is 19.3 Å². The van der Waals surface area contributed by atoms with Gasteiger partial charge in [-0.2, -0.15) is 0 Å². The van der Waals surface area contributed by atoms with Gasteiger partial charge in [0.2, 0.25) is 0 Å². The van der Waals surface area contributed by atoms with Crippen LogP contribution in [-0.4, -0.2) is 37.5 Å². The lowest BCUT2D eigenvalue weighted by atomic mass is 9.97. The van der Waals surface area contributed by atoms with Gasteiger partial charge in [-0.1, -0.05) is 13.3 Å². The predicted molar refractivity (Wildman–Crippen MR) is 66.5 cm³/mol. The van der Waals surface area contributed by atoms with E-state index in [1.54, 1.807) is 0 Å². The van der Waals surface area contributed by atoms with Crippen molar-refractivity contribution in [2.75, 3.05) is 26.4 Å². The van der Waals surface area contributed by atoms with E-state index in [1.807, 2.05) is 0 Å². The normalized spacial score (nSPS) is 24.6. The molecule has 2 N–H and O–H groups in total. The molecule has 1 heterocycles. The Balaban J connectivity index is 2.18. The van der Waals surface area contributed by atoms with Crippen molar-refractivity contribution in [3.05, 3.63) is 0 Å². The minimum atomic E-state index is 0.313. The van der Waals surface area contributed by atoms with Gasteiger partial charge in [-0.3, -0.25) is 0 Å². The van der Waals surface area contributed by atoms with Gasteiger partial charge in [-0.25, -0.2) is 0 Å². The molecule has 3 heteroatoms. The average molecular weight is 229 g/mol. The van der Waals surface area contributed by atoms with Gasteiger partial charge in [-0.15, -0.1) is 0 Å². The summed E-state index contributed by atoms with van der Waals surface area (Å²) in [5.41, 5.74) is 0. The van der Waals surface area contributed by atoms with E-state index in [9.17, 15) is 0 Å². The monoisotopic (exact) mass is 229 g/mol. The van der Waals surface area contributed by atoms with E-state index in [0.29, 0.717) is 24.5 Å². The summed E-state index contributed by atoms with van der Waals surface area (Å²) in [6.45, 7) is 7.64. The molecule has 96 valence electrons. The van der Waals surface area contributed by atoms with Crippen molar-refractivity contribution in [2.45, 2.75) is 45.6 Å². The smallest absolute Gasteiger partial charge is 0.0509 e. The first-order valence-electron chi connectivity index (χ1n) is 6.69. The third-order valence-electron chi connectivity index (χ3n) is 3.63. The lowest BCUT2D eigenvalue weighted by Gasteiger charge is -2.23. The Morgan fingerprint density at radius 3 is 2.81 bits per heavy atom. The van der Waals surface area contributed by atoms with Crippen molar-refractivity contribution in [3.63, 3.8) is 0 Å². The van der Waals surface area contributed by atoms with Crippen LogP contribution in [0.15, 0.2) is 0 Å². The van der Waals surface area contributed by atoms with Gasteiger partial charge < -0.3 is 15.2 Å². The maximum atomic E-state index is 8.99. The summed E-state index contributed by atoms with van der Waals surface area (Å²) < 4.78 is 5.40. The van der Waals surface area contributed by atoms with Gasteiger partial charge in [0.15, 0.2) is 0 Å². The van der Waals surface area contributed by atoms with Crippen molar-refractivity contribution < 1.29 is 9.84 Å². The summed E-state index contributed by atoms with van der Waals surface area (Å²) in [4.78, 5) is 0. The number of rotatable bonds is 8. The highest BCUT2D eigenvalue weighted by Gasteiger charge is 2.22. The number of ether oxygens (including phenoxy) is 1. The maximum absolute atomic E-state index is 8.99. The van der Waals surface area contributed by atoms with Crippen molar-refractivity contribution in [1.29, 1.82) is 0 Å². The van der Waals surface area contributed by atoms with Crippen LogP contribution in [-0.2, 0) is 4.74 Å². The molecule has 1 saturated heterocycles. The molecule has 0 saturated carbocycles. The molecule has 0 aromatic carbocycles. The summed E-state index contributed by atoms with van der Waals surface area (Å²) >= 11 is 0. The second kappa shape index (κ2) is 8.04. The summed E-state index contributed by atoms with van der Waals surface area (Å²) in [6.07, 6.45) is 4.52. The summed E-state index contributed by atoms with van der Waals surface area (Å²) in [7, 11) is 0. The molecule has 0 aliphatic carbocycles. The van der Waals surface area contributed by atoms with Crippen LogP contribution in [0, 0.1) is 11.8 Å². The molecule has 1 aliphatic rings. The zero-order valence-corrected chi connectivity index (χ0v) is 10.7. The molecule has 0 radical (unpaired) electrons. The van der Waals surface area contributed by atoms with Crippen molar-refractivity contribution >= 4 is 0 Å². The molecule has 0 aromatic rings. The third-order valence-corrected chi connectivity index (χ3v) is 3.63. The lowest BCUT2D eigenvalue weighted by molar-refractivity contribution is 0.176. The number of hydrogen-bond donors (Lipinski definition) is 2. The maximum Gasteiger partial charge on any atom is 0.0509 e. The Hall–Kier alpha value is -0.120. The van der Waals surface area contributed by atoms with Crippen LogP contribution in [0.1, 0.15) is 39.5 Å². The lowest BCUT2D eigenvalue weighted by Crippen LogP contribution is -2.37. The Morgan fingerprint density at radius 2 is 2.25 bits per heavy atom. The second-order valence-electron chi connectivity index (χ2n) is 4.99. The van der Waals surface area contributed by atoms with Gasteiger partial charge in [0.1, 0.15) is 0 Å². The second-order valence-corrected chi connectivity index (χ2v) is 4.99. The van der Waals surface area contributed by atoms with E-state index in [-0.39, 0.29) is 0 Å². The zero-order valence-electron chi connectivity index (χ0n) is 10.7. The Kier molecular flexibility index (Phi) is 7.01. The fourth-order valence-corrected chi connectivity index (χ4v) is 2.41. The highest BCUT2D eigenvalue weighted by molar-refractivity contribution is 4.76. The molecule has 16 heavy (non-hydrogen) atoms. The van der Waals surface area contributed by atoms with Crippen LogP contribution in [0.3, 0.4) is 0 Å². The van der Waals surface area contributed by atoms with Gasteiger partial charge in [0.25, 0.3) is 0 Å². The van der Waals surface area contributed by atoms with E-state index in [2.05, 4.69) is 19.2 Å². The summed E-state index contributed by atoms with van der Waals surface area (Å²) in [5.74, 6) is 1.30. The SMILES string of the molecule is CCCC(CCO)CNC(C)C1CCOC1. The molecule has 3 atom stereocenters. The number of nitrogens with one attached hydrogen (secondary N) is 1. The van der Waals surface area contributed by atoms with Crippen LogP contribution >= 0.6 is 0 Å². The van der Waals surface area contributed by atoms with Gasteiger partial charge in [0.05, 0.1) is 6.61 Å². The van der Waals surface area contributed by atoms with Crippen LogP contribution in [0.25, 0.3) is 0 Å². The molecule has 0 bridgehead atoms. The molecule has 1 aliphatic heterocycles. The van der Waals surface area contributed by atoms with Crippen molar-refractivity contribution in [2.24, 2.45) is 11.8 Å². The fourth-order valence-electron chi connectivity index (χ4n) is 2.41. The van der Waals surface area contributed by atoms with Gasteiger partial charge >= 0.3 is 0 Å². The minimum Gasteiger partial charge on any atom is -0.396 e. The number of aliphatic hydroxyl groups is 1. The van der Waals surface area contributed by atoms with E-state index in [1.165, 1.54) is 19.3 Å². The summed E-state index contributed by atoms with van der Waals surface area (Å²) in [5, 5.41) is 12.6. The molecule has 0 amide bonds. The Labute approximate surface area is 99.6 Å². The first-order valence-corrected chi connectivity index (χ1v) is 6.69. The highest BCUT2D eigenvalue weighted by Crippen LogP contribution is 2.17. The average Bonchev–Trinajstić information content (AvgIpc) is 2.79. The van der Waals surface area contributed by atoms with Gasteiger partial charge in [-0.05, 0) is 44.6 Å². The molecular formula is C13H27NO2. The molecule has 1 fully saturated rings. The first-order chi connectivity index (χ1) is 7.77. The molecule has 3 unspecified atom stereocenters.